The Bertz CT molecular complexity index is 516. The largest absolute Gasteiger partial charge is 0.364 e. The van der Waals surface area contributed by atoms with Crippen molar-refractivity contribution in [1.29, 1.82) is 0 Å². The van der Waals surface area contributed by atoms with Crippen LogP contribution in [0.4, 0.5) is 5.82 Å². The summed E-state index contributed by atoms with van der Waals surface area (Å²) in [5, 5.41) is 2.48. The summed E-state index contributed by atoms with van der Waals surface area (Å²) >= 11 is 0. The van der Waals surface area contributed by atoms with E-state index in [1.54, 1.807) is 12.4 Å². The van der Waals surface area contributed by atoms with E-state index in [9.17, 15) is 14.4 Å². The minimum atomic E-state index is -0.548. The van der Waals surface area contributed by atoms with Gasteiger partial charge in [-0.1, -0.05) is 6.58 Å². The number of nitrogens with one attached hydrogen (secondary N) is 1. The number of methoxy groups -OCH3 is 1. The van der Waals surface area contributed by atoms with Crippen LogP contribution in [0.5, 0.6) is 0 Å². The smallest absolute Gasteiger partial charge is 0.256 e. The summed E-state index contributed by atoms with van der Waals surface area (Å²) in [6.45, 7) is 3.02. The molecule has 0 saturated heterocycles. The summed E-state index contributed by atoms with van der Waals surface area (Å²) in [4.78, 5) is 39.2. The molecule has 1 rings (SSSR count). The number of hydrogen-bond donors (Lipinski definition) is 1. The molecule has 1 radical (unpaired) electrons. The van der Waals surface area contributed by atoms with E-state index in [4.69, 9.17) is 4.74 Å². The van der Waals surface area contributed by atoms with Gasteiger partial charge in [0.2, 0.25) is 6.29 Å². The third kappa shape index (κ3) is 3.72. The highest BCUT2D eigenvalue weighted by Gasteiger charge is 2.21. The molecule has 1 heterocycles. The molecule has 0 atom stereocenters. The van der Waals surface area contributed by atoms with Crippen molar-refractivity contribution < 1.29 is 19.1 Å². The number of aromatic nitrogens is 1. The zero-order valence-electron chi connectivity index (χ0n) is 11.0. The molecule has 0 bridgehead atoms. The van der Waals surface area contributed by atoms with Crippen LogP contribution >= 0.6 is 0 Å². The Balaban J connectivity index is 3.14. The lowest BCUT2D eigenvalue weighted by molar-refractivity contribution is -0.114. The Hall–Kier alpha value is -2.54. The van der Waals surface area contributed by atoms with Gasteiger partial charge in [-0.3, -0.25) is 19.3 Å². The second-order valence-electron chi connectivity index (χ2n) is 3.59. The fraction of sp³-hybridized carbons (Fsp3) is 0.231. The topological polar surface area (TPSA) is 88.6 Å². The van der Waals surface area contributed by atoms with Gasteiger partial charge in [-0.15, -0.1) is 0 Å². The van der Waals surface area contributed by atoms with E-state index in [2.05, 4.69) is 16.9 Å². The van der Waals surface area contributed by atoms with E-state index >= 15 is 0 Å². The average Bonchev–Trinajstić information content (AvgIpc) is 2.49. The van der Waals surface area contributed by atoms with E-state index in [1.165, 1.54) is 19.4 Å². The van der Waals surface area contributed by atoms with Crippen LogP contribution in [0.3, 0.4) is 0 Å². The lowest BCUT2D eigenvalue weighted by Crippen LogP contribution is -2.35. The van der Waals surface area contributed by atoms with Gasteiger partial charge >= 0.3 is 0 Å². The zero-order valence-corrected chi connectivity index (χ0v) is 11.0. The van der Waals surface area contributed by atoms with Crippen molar-refractivity contribution in [2.45, 2.75) is 0 Å². The second kappa shape index (κ2) is 7.80. The van der Waals surface area contributed by atoms with Crippen molar-refractivity contribution in [2.75, 3.05) is 25.3 Å². The molecule has 0 saturated carbocycles. The Morgan fingerprint density at radius 2 is 2.35 bits per heavy atom. The molecule has 105 valence electrons. The minimum Gasteiger partial charge on any atom is -0.364 e. The number of hydrogen-bond acceptors (Lipinski definition) is 5. The van der Waals surface area contributed by atoms with Crippen LogP contribution in [-0.4, -0.2) is 43.5 Å². The van der Waals surface area contributed by atoms with Crippen LogP contribution < -0.4 is 10.2 Å². The predicted molar refractivity (Wildman–Crippen MR) is 71.8 cm³/mol. The predicted octanol–water partition coefficient (Wildman–Crippen LogP) is 0.0440. The summed E-state index contributed by atoms with van der Waals surface area (Å²) in [7, 11) is 1.43. The van der Waals surface area contributed by atoms with E-state index in [0.717, 1.165) is 11.0 Å². The molecule has 20 heavy (non-hydrogen) atoms. The number of amides is 2. The Morgan fingerprint density at radius 3 is 2.95 bits per heavy atom. The van der Waals surface area contributed by atoms with Gasteiger partial charge in [-0.05, 0) is 18.2 Å². The van der Waals surface area contributed by atoms with Gasteiger partial charge in [-0.2, -0.15) is 0 Å². The third-order valence-electron chi connectivity index (χ3n) is 2.33. The molecule has 1 N–H and O–H groups in total. The van der Waals surface area contributed by atoms with Crippen LogP contribution in [0, 0.1) is 0 Å². The SMILES string of the molecule is C=CC(=O)N(C[C]=O)c1ncccc1C(=O)NCOC. The molecule has 2 amide bonds. The first-order valence-electron chi connectivity index (χ1n) is 5.66. The molecule has 0 unspecified atom stereocenters. The Labute approximate surface area is 116 Å². The van der Waals surface area contributed by atoms with Crippen LogP contribution in [0.1, 0.15) is 10.4 Å². The number of pyridine rings is 1. The van der Waals surface area contributed by atoms with Crippen LogP contribution in [0.15, 0.2) is 31.0 Å². The number of ether oxygens (including phenoxy) is 1. The molecule has 0 spiro atoms. The summed E-state index contributed by atoms with van der Waals surface area (Å²) in [6, 6.07) is 3.04. The minimum absolute atomic E-state index is 0.0162. The monoisotopic (exact) mass is 276 g/mol. The zero-order chi connectivity index (χ0) is 15.0. The highest BCUT2D eigenvalue weighted by molar-refractivity contribution is 6.07. The highest BCUT2D eigenvalue weighted by Crippen LogP contribution is 2.17. The quantitative estimate of drug-likeness (QED) is 0.561. The number of carbonyl (C=O) groups excluding carboxylic acids is 3. The number of nitrogens with zero attached hydrogens (tertiary/aromatic N) is 2. The van der Waals surface area contributed by atoms with Gasteiger partial charge in [0.05, 0.1) is 12.1 Å². The molecular formula is C13H14N3O4. The van der Waals surface area contributed by atoms with Crippen molar-refractivity contribution in [1.82, 2.24) is 10.3 Å². The molecular weight excluding hydrogens is 262 g/mol. The number of anilines is 1. The van der Waals surface area contributed by atoms with Gasteiger partial charge < -0.3 is 10.1 Å². The standard InChI is InChI=1S/C13H14N3O4/c1-3-11(18)16(7-8-17)12-10(5-4-6-14-12)13(19)15-9-20-2/h3-6H,1,7,9H2,2H3,(H,15,19). The lowest BCUT2D eigenvalue weighted by Gasteiger charge is -2.19. The first-order valence-corrected chi connectivity index (χ1v) is 5.66. The van der Waals surface area contributed by atoms with Crippen LogP contribution in [-0.2, 0) is 14.3 Å². The fourth-order valence-corrected chi connectivity index (χ4v) is 1.45. The maximum atomic E-state index is 12.0. The molecule has 0 fully saturated rings. The van der Waals surface area contributed by atoms with Gasteiger partial charge in [-0.25, -0.2) is 4.98 Å². The molecule has 0 aliphatic rings. The first-order chi connectivity index (χ1) is 9.65. The van der Waals surface area contributed by atoms with E-state index in [0.29, 0.717) is 0 Å². The molecule has 7 nitrogen and oxygen atoms in total. The van der Waals surface area contributed by atoms with Crippen molar-refractivity contribution >= 4 is 23.9 Å². The van der Waals surface area contributed by atoms with Gasteiger partial charge in [0.25, 0.3) is 11.8 Å². The molecule has 0 aliphatic heterocycles. The average molecular weight is 276 g/mol. The van der Waals surface area contributed by atoms with E-state index in [-0.39, 0.29) is 24.7 Å². The molecule has 1 aromatic heterocycles. The normalized spacial score (nSPS) is 9.65. The highest BCUT2D eigenvalue weighted by atomic mass is 16.5. The molecule has 0 aliphatic carbocycles. The van der Waals surface area contributed by atoms with E-state index in [1.807, 2.05) is 0 Å². The molecule has 1 aromatic rings. The van der Waals surface area contributed by atoms with Crippen molar-refractivity contribution in [2.24, 2.45) is 0 Å². The summed E-state index contributed by atoms with van der Waals surface area (Å²) in [6.07, 6.45) is 4.05. The second-order valence-corrected chi connectivity index (χ2v) is 3.59. The van der Waals surface area contributed by atoms with Crippen molar-refractivity contribution in [3.05, 3.63) is 36.5 Å². The Morgan fingerprint density at radius 1 is 1.60 bits per heavy atom. The van der Waals surface area contributed by atoms with Gasteiger partial charge in [0.1, 0.15) is 12.5 Å². The van der Waals surface area contributed by atoms with Crippen LogP contribution in [0.2, 0.25) is 0 Å². The fourth-order valence-electron chi connectivity index (χ4n) is 1.45. The summed E-state index contributed by atoms with van der Waals surface area (Å²) in [5.41, 5.74) is 0.148. The summed E-state index contributed by atoms with van der Waals surface area (Å²) in [5.74, 6) is -0.954. The summed E-state index contributed by atoms with van der Waals surface area (Å²) < 4.78 is 4.74. The van der Waals surface area contributed by atoms with E-state index < -0.39 is 11.8 Å². The van der Waals surface area contributed by atoms with Gasteiger partial charge in [0.15, 0.2) is 0 Å². The number of carbonyl (C=O) groups is 2. The van der Waals surface area contributed by atoms with Crippen molar-refractivity contribution in [3.8, 4) is 0 Å². The maximum absolute atomic E-state index is 12.0. The first kappa shape index (κ1) is 15.5. The maximum Gasteiger partial charge on any atom is 0.256 e. The Kier molecular flexibility index (Phi) is 6.05. The molecule has 0 aromatic carbocycles. The third-order valence-corrected chi connectivity index (χ3v) is 2.33. The van der Waals surface area contributed by atoms with Crippen LogP contribution in [0.25, 0.3) is 0 Å². The number of rotatable bonds is 7. The van der Waals surface area contributed by atoms with Crippen molar-refractivity contribution in [3.63, 3.8) is 0 Å². The van der Waals surface area contributed by atoms with Gasteiger partial charge in [0, 0.05) is 13.3 Å². The molecule has 7 heteroatoms. The lowest BCUT2D eigenvalue weighted by atomic mass is 10.2.